The van der Waals surface area contributed by atoms with E-state index in [2.05, 4.69) is 37.2 Å². The fourth-order valence-electron chi connectivity index (χ4n) is 4.75. The molecule has 0 aromatic heterocycles. The minimum atomic E-state index is -0.816. The van der Waals surface area contributed by atoms with E-state index in [0.29, 0.717) is 5.69 Å². The maximum atomic E-state index is 13.0. The fourth-order valence-corrected chi connectivity index (χ4v) is 6.63. The van der Waals surface area contributed by atoms with E-state index in [1.54, 1.807) is 6.92 Å². The van der Waals surface area contributed by atoms with Crippen LogP contribution in [-0.2, 0) is 14.4 Å². The highest BCUT2D eigenvalue weighted by molar-refractivity contribution is 9.12. The first-order valence-electron chi connectivity index (χ1n) is 8.84. The summed E-state index contributed by atoms with van der Waals surface area (Å²) in [6.07, 6.45) is 0.885. The summed E-state index contributed by atoms with van der Waals surface area (Å²) in [7, 11) is 0. The Balaban J connectivity index is 1.53. The van der Waals surface area contributed by atoms with Crippen LogP contribution in [0.2, 0.25) is 0 Å². The van der Waals surface area contributed by atoms with Crippen LogP contribution in [0.4, 0.5) is 5.69 Å². The highest BCUT2D eigenvalue weighted by Gasteiger charge is 2.67. The van der Waals surface area contributed by atoms with Gasteiger partial charge in [-0.15, -0.1) is 0 Å². The summed E-state index contributed by atoms with van der Waals surface area (Å²) in [5, 5.41) is 2.80. The lowest BCUT2D eigenvalue weighted by atomic mass is 9.81. The third-order valence-corrected chi connectivity index (χ3v) is 9.31. The van der Waals surface area contributed by atoms with Gasteiger partial charge in [0.05, 0.1) is 11.8 Å². The largest absolute Gasteiger partial charge is 0.324 e. The minimum Gasteiger partial charge on any atom is -0.324 e. The first-order chi connectivity index (χ1) is 12.3. The lowest BCUT2D eigenvalue weighted by molar-refractivity contribution is -0.146. The van der Waals surface area contributed by atoms with Crippen molar-refractivity contribution in [1.29, 1.82) is 0 Å². The minimum absolute atomic E-state index is 0.156. The van der Waals surface area contributed by atoms with Crippen LogP contribution in [0.3, 0.4) is 0 Å². The Hall–Kier alpha value is -1.21. The number of carbonyl (C=O) groups excluding carboxylic acids is 3. The number of nitrogens with zero attached hydrogens (tertiary/aromatic N) is 1. The number of nitrogens with one attached hydrogen (secondary N) is 1. The molecule has 7 heteroatoms. The molecule has 1 aliphatic heterocycles. The molecule has 3 aliphatic rings. The van der Waals surface area contributed by atoms with Crippen molar-refractivity contribution in [2.24, 2.45) is 23.7 Å². The average Bonchev–Trinajstić information content (AvgIpc) is 3.21. The van der Waals surface area contributed by atoms with Crippen molar-refractivity contribution in [2.45, 2.75) is 36.0 Å². The number of aryl methyl sites for hydroxylation is 1. The molecular formula is C19H20Br2N2O3. The SMILES string of the molecule is Cc1ccc(NC(=O)[C@H](C)N2C(=O)[C@@H]3[C@@H]4C[C@H]([C@H](Br)[C@@H]4Br)[C@@H]3C2=O)cc1. The molecule has 5 nitrogen and oxygen atoms in total. The number of rotatable bonds is 3. The van der Waals surface area contributed by atoms with Crippen molar-refractivity contribution in [3.05, 3.63) is 29.8 Å². The number of likely N-dealkylation sites (tertiary alicyclic amines) is 1. The summed E-state index contributed by atoms with van der Waals surface area (Å²) in [4.78, 5) is 40.2. The molecule has 2 aliphatic carbocycles. The number of imide groups is 1. The predicted octanol–water partition coefficient (Wildman–Crippen LogP) is 3.10. The number of amides is 3. The van der Waals surface area contributed by atoms with Crippen LogP contribution in [0.5, 0.6) is 0 Å². The number of hydrogen-bond donors (Lipinski definition) is 1. The quantitative estimate of drug-likeness (QED) is 0.530. The van der Waals surface area contributed by atoms with Gasteiger partial charge in [-0.25, -0.2) is 0 Å². The lowest BCUT2D eigenvalue weighted by Crippen LogP contribution is -2.46. The summed E-state index contributed by atoms with van der Waals surface area (Å²) >= 11 is 7.34. The number of fused-ring (bicyclic) bond motifs is 5. The second-order valence-corrected chi connectivity index (χ2v) is 9.70. The topological polar surface area (TPSA) is 66.5 Å². The van der Waals surface area contributed by atoms with Crippen LogP contribution in [-0.4, -0.2) is 38.3 Å². The van der Waals surface area contributed by atoms with Gasteiger partial charge in [-0.1, -0.05) is 49.6 Å². The molecule has 26 heavy (non-hydrogen) atoms. The molecule has 0 radical (unpaired) electrons. The smallest absolute Gasteiger partial charge is 0.247 e. The number of hydrogen-bond acceptors (Lipinski definition) is 3. The van der Waals surface area contributed by atoms with Crippen LogP contribution in [0.25, 0.3) is 0 Å². The zero-order valence-corrected chi connectivity index (χ0v) is 17.7. The number of halogens is 2. The summed E-state index contributed by atoms with van der Waals surface area (Å²) in [6.45, 7) is 3.59. The molecular weight excluding hydrogens is 464 g/mol. The van der Waals surface area contributed by atoms with Crippen LogP contribution in [0, 0.1) is 30.6 Å². The van der Waals surface area contributed by atoms with Gasteiger partial charge >= 0.3 is 0 Å². The van der Waals surface area contributed by atoms with Gasteiger partial charge in [0.25, 0.3) is 0 Å². The van der Waals surface area contributed by atoms with Crippen molar-refractivity contribution < 1.29 is 14.4 Å². The molecule has 2 saturated carbocycles. The maximum Gasteiger partial charge on any atom is 0.247 e. The van der Waals surface area contributed by atoms with E-state index in [4.69, 9.17) is 0 Å². The molecule has 1 heterocycles. The van der Waals surface area contributed by atoms with Crippen molar-refractivity contribution in [1.82, 2.24) is 4.90 Å². The number of carbonyl (C=O) groups is 3. The Labute approximate surface area is 169 Å². The van der Waals surface area contributed by atoms with E-state index >= 15 is 0 Å². The molecule has 1 aromatic carbocycles. The Bertz CT molecular complexity index is 749. The standard InChI is InChI=1S/C19H20Br2N2O3/c1-8-3-5-10(6-4-8)22-17(24)9(2)23-18(25)13-11-7-12(14(13)19(23)26)16(21)15(11)20/h3-6,9,11-16H,7H2,1-2H3,(H,22,24)/t9-,11-,12-,13-,14+,15-,16+/m0/s1. The monoisotopic (exact) mass is 482 g/mol. The summed E-state index contributed by atoms with van der Waals surface area (Å²) in [6, 6.07) is 6.62. The first kappa shape index (κ1) is 18.2. The highest BCUT2D eigenvalue weighted by Crippen LogP contribution is 2.60. The van der Waals surface area contributed by atoms with E-state index < -0.39 is 6.04 Å². The molecule has 3 fully saturated rings. The normalized spacial score (nSPS) is 36.4. The van der Waals surface area contributed by atoms with Gasteiger partial charge in [-0.05, 0) is 44.2 Å². The molecule has 4 rings (SSSR count). The molecule has 1 saturated heterocycles. The predicted molar refractivity (Wildman–Crippen MR) is 105 cm³/mol. The zero-order chi connectivity index (χ0) is 18.7. The molecule has 0 spiro atoms. The molecule has 0 unspecified atom stereocenters. The van der Waals surface area contributed by atoms with E-state index in [1.807, 2.05) is 31.2 Å². The van der Waals surface area contributed by atoms with Gasteiger partial charge in [0, 0.05) is 15.3 Å². The van der Waals surface area contributed by atoms with E-state index in [0.717, 1.165) is 12.0 Å². The Morgan fingerprint density at radius 2 is 1.58 bits per heavy atom. The molecule has 3 amide bonds. The Kier molecular flexibility index (Phi) is 4.50. The molecule has 1 N–H and O–H groups in total. The molecule has 1 aromatic rings. The number of benzene rings is 1. The van der Waals surface area contributed by atoms with Crippen LogP contribution >= 0.6 is 31.9 Å². The third-order valence-electron chi connectivity index (χ3n) is 6.11. The van der Waals surface area contributed by atoms with Crippen molar-refractivity contribution in [2.75, 3.05) is 5.32 Å². The molecule has 138 valence electrons. The van der Waals surface area contributed by atoms with Gasteiger partial charge in [0.1, 0.15) is 6.04 Å². The van der Waals surface area contributed by atoms with Crippen LogP contribution < -0.4 is 5.32 Å². The second-order valence-electron chi connectivity index (χ2n) is 7.58. The first-order valence-corrected chi connectivity index (χ1v) is 10.7. The van der Waals surface area contributed by atoms with Gasteiger partial charge in [-0.3, -0.25) is 19.3 Å². The summed E-state index contributed by atoms with van der Waals surface area (Å²) in [5.41, 5.74) is 1.76. The van der Waals surface area contributed by atoms with Crippen molar-refractivity contribution >= 4 is 55.3 Å². The molecule has 2 bridgehead atoms. The van der Waals surface area contributed by atoms with Gasteiger partial charge in [0.15, 0.2) is 0 Å². The summed E-state index contributed by atoms with van der Waals surface area (Å²) < 4.78 is 0. The second kappa shape index (κ2) is 6.44. The Morgan fingerprint density at radius 3 is 2.08 bits per heavy atom. The highest BCUT2D eigenvalue weighted by atomic mass is 79.9. The van der Waals surface area contributed by atoms with E-state index in [9.17, 15) is 14.4 Å². The van der Waals surface area contributed by atoms with Crippen LogP contribution in [0.1, 0.15) is 18.9 Å². The van der Waals surface area contributed by atoms with Crippen LogP contribution in [0.15, 0.2) is 24.3 Å². The fraction of sp³-hybridized carbons (Fsp3) is 0.526. The molecule has 7 atom stereocenters. The van der Waals surface area contributed by atoms with Gasteiger partial charge in [-0.2, -0.15) is 0 Å². The van der Waals surface area contributed by atoms with Crippen molar-refractivity contribution in [3.63, 3.8) is 0 Å². The number of anilines is 1. The lowest BCUT2D eigenvalue weighted by Gasteiger charge is -2.28. The average molecular weight is 484 g/mol. The van der Waals surface area contributed by atoms with E-state index in [1.165, 1.54) is 4.90 Å². The van der Waals surface area contributed by atoms with Crippen molar-refractivity contribution in [3.8, 4) is 0 Å². The summed E-state index contributed by atoms with van der Waals surface area (Å²) in [5.74, 6) is -0.994. The maximum absolute atomic E-state index is 13.0. The number of alkyl halides is 2. The third kappa shape index (κ3) is 2.58. The Morgan fingerprint density at radius 1 is 1.08 bits per heavy atom. The zero-order valence-electron chi connectivity index (χ0n) is 14.5. The van der Waals surface area contributed by atoms with Gasteiger partial charge < -0.3 is 5.32 Å². The van der Waals surface area contributed by atoms with Gasteiger partial charge in [0.2, 0.25) is 17.7 Å². The van der Waals surface area contributed by atoms with E-state index in [-0.39, 0.29) is 51.0 Å².